The van der Waals surface area contributed by atoms with Crippen molar-refractivity contribution in [3.63, 3.8) is 0 Å². The highest BCUT2D eigenvalue weighted by molar-refractivity contribution is 5.98. The molecule has 1 aromatic rings. The van der Waals surface area contributed by atoms with Gasteiger partial charge in [0.05, 0.1) is 33.5 Å². The van der Waals surface area contributed by atoms with Gasteiger partial charge in [-0.15, -0.1) is 0 Å². The third-order valence-electron chi connectivity index (χ3n) is 2.99. The SMILES string of the molecule is COc1ccc(NC(=O)C2(C#N)COC2)cc1OC. The Bertz CT molecular complexity index is 532. The molecule has 19 heavy (non-hydrogen) atoms. The molecule has 0 unspecified atom stereocenters. The molecule has 0 atom stereocenters. The number of benzene rings is 1. The summed E-state index contributed by atoms with van der Waals surface area (Å²) >= 11 is 0. The fourth-order valence-corrected chi connectivity index (χ4v) is 1.72. The summed E-state index contributed by atoms with van der Waals surface area (Å²) in [5.74, 6) is 0.715. The Labute approximate surface area is 110 Å². The summed E-state index contributed by atoms with van der Waals surface area (Å²) in [4.78, 5) is 12.0. The van der Waals surface area contributed by atoms with Crippen molar-refractivity contribution in [2.75, 3.05) is 32.8 Å². The fourth-order valence-electron chi connectivity index (χ4n) is 1.72. The molecule has 1 aromatic carbocycles. The van der Waals surface area contributed by atoms with Crippen LogP contribution in [0.15, 0.2) is 18.2 Å². The molecule has 0 bridgehead atoms. The van der Waals surface area contributed by atoms with E-state index >= 15 is 0 Å². The van der Waals surface area contributed by atoms with E-state index in [-0.39, 0.29) is 19.1 Å². The van der Waals surface area contributed by atoms with Crippen LogP contribution in [-0.2, 0) is 9.53 Å². The van der Waals surface area contributed by atoms with Crippen LogP contribution in [0.1, 0.15) is 0 Å². The predicted molar refractivity (Wildman–Crippen MR) is 67.0 cm³/mol. The second-order valence-corrected chi connectivity index (χ2v) is 4.21. The van der Waals surface area contributed by atoms with Crippen LogP contribution >= 0.6 is 0 Å². The first kappa shape index (κ1) is 13.2. The van der Waals surface area contributed by atoms with Gasteiger partial charge in [0.1, 0.15) is 0 Å². The molecule has 1 aliphatic heterocycles. The lowest BCUT2D eigenvalue weighted by Crippen LogP contribution is -2.50. The van der Waals surface area contributed by atoms with E-state index < -0.39 is 5.41 Å². The standard InChI is InChI=1S/C13H14N2O4/c1-17-10-4-3-9(5-11(10)18-2)15-12(16)13(6-14)7-19-8-13/h3-5H,7-8H2,1-2H3,(H,15,16). The minimum absolute atomic E-state index is 0.128. The Kier molecular flexibility index (Phi) is 3.58. The van der Waals surface area contributed by atoms with Crippen molar-refractivity contribution in [2.24, 2.45) is 5.41 Å². The summed E-state index contributed by atoms with van der Waals surface area (Å²) in [6.07, 6.45) is 0. The lowest BCUT2D eigenvalue weighted by Gasteiger charge is -2.33. The van der Waals surface area contributed by atoms with Crippen LogP contribution in [0.4, 0.5) is 5.69 Å². The largest absolute Gasteiger partial charge is 0.493 e. The second kappa shape index (κ2) is 5.16. The van der Waals surface area contributed by atoms with Crippen LogP contribution in [-0.4, -0.2) is 33.3 Å². The quantitative estimate of drug-likeness (QED) is 0.881. The molecule has 1 amide bonds. The maximum Gasteiger partial charge on any atom is 0.249 e. The Morgan fingerprint density at radius 2 is 2.05 bits per heavy atom. The average Bonchev–Trinajstić information content (AvgIpc) is 2.38. The topological polar surface area (TPSA) is 80.6 Å². The van der Waals surface area contributed by atoms with Crippen molar-refractivity contribution in [3.05, 3.63) is 18.2 Å². The lowest BCUT2D eigenvalue weighted by atomic mass is 9.87. The summed E-state index contributed by atoms with van der Waals surface area (Å²) in [7, 11) is 3.05. The number of amides is 1. The number of hydrogen-bond donors (Lipinski definition) is 1. The van der Waals surface area contributed by atoms with Crippen LogP contribution in [0.3, 0.4) is 0 Å². The number of carbonyl (C=O) groups excluding carboxylic acids is 1. The van der Waals surface area contributed by atoms with Gasteiger partial charge in [-0.25, -0.2) is 0 Å². The van der Waals surface area contributed by atoms with Gasteiger partial charge in [0, 0.05) is 11.8 Å². The van der Waals surface area contributed by atoms with Gasteiger partial charge in [0.25, 0.3) is 0 Å². The lowest BCUT2D eigenvalue weighted by molar-refractivity contribution is -0.144. The van der Waals surface area contributed by atoms with Crippen molar-refractivity contribution in [3.8, 4) is 17.6 Å². The van der Waals surface area contributed by atoms with Gasteiger partial charge in [-0.1, -0.05) is 0 Å². The molecule has 6 heteroatoms. The van der Waals surface area contributed by atoms with Gasteiger partial charge in [-0.05, 0) is 12.1 Å². The van der Waals surface area contributed by atoms with Crippen molar-refractivity contribution < 1.29 is 19.0 Å². The van der Waals surface area contributed by atoms with E-state index in [4.69, 9.17) is 19.5 Å². The molecule has 2 rings (SSSR count). The number of nitriles is 1. The van der Waals surface area contributed by atoms with E-state index in [0.29, 0.717) is 17.2 Å². The summed E-state index contributed by atoms with van der Waals surface area (Å²) in [6, 6.07) is 7.00. The van der Waals surface area contributed by atoms with Gasteiger partial charge in [0.15, 0.2) is 16.9 Å². The van der Waals surface area contributed by atoms with Crippen LogP contribution in [0.5, 0.6) is 11.5 Å². The van der Waals surface area contributed by atoms with Crippen molar-refractivity contribution in [1.29, 1.82) is 5.26 Å². The molecule has 1 saturated heterocycles. The average molecular weight is 262 g/mol. The minimum Gasteiger partial charge on any atom is -0.493 e. The third kappa shape index (κ3) is 2.33. The highest BCUT2D eigenvalue weighted by Crippen LogP contribution is 2.32. The van der Waals surface area contributed by atoms with Gasteiger partial charge >= 0.3 is 0 Å². The zero-order valence-corrected chi connectivity index (χ0v) is 10.7. The normalized spacial score (nSPS) is 15.8. The Morgan fingerprint density at radius 1 is 1.37 bits per heavy atom. The smallest absolute Gasteiger partial charge is 0.249 e. The number of ether oxygens (including phenoxy) is 3. The van der Waals surface area contributed by atoms with Gasteiger partial charge in [-0.2, -0.15) is 5.26 Å². The molecule has 1 aliphatic rings. The van der Waals surface area contributed by atoms with Crippen molar-refractivity contribution >= 4 is 11.6 Å². The number of anilines is 1. The number of methoxy groups -OCH3 is 2. The second-order valence-electron chi connectivity index (χ2n) is 4.21. The maximum atomic E-state index is 12.0. The number of nitrogens with zero attached hydrogens (tertiary/aromatic N) is 1. The maximum absolute atomic E-state index is 12.0. The molecule has 0 aliphatic carbocycles. The highest BCUT2D eigenvalue weighted by atomic mass is 16.5. The number of hydrogen-bond acceptors (Lipinski definition) is 5. The van der Waals surface area contributed by atoms with Crippen molar-refractivity contribution in [2.45, 2.75) is 0 Å². The molecule has 6 nitrogen and oxygen atoms in total. The first-order valence-electron chi connectivity index (χ1n) is 5.67. The molecule has 0 aromatic heterocycles. The van der Waals surface area contributed by atoms with E-state index in [0.717, 1.165) is 0 Å². The molecule has 0 saturated carbocycles. The monoisotopic (exact) mass is 262 g/mol. The summed E-state index contributed by atoms with van der Waals surface area (Å²) < 4.78 is 15.2. The van der Waals surface area contributed by atoms with Gasteiger partial charge < -0.3 is 19.5 Å². The summed E-state index contributed by atoms with van der Waals surface area (Å²) in [5, 5.41) is 11.7. The molecule has 0 spiro atoms. The first-order chi connectivity index (χ1) is 9.15. The first-order valence-corrected chi connectivity index (χ1v) is 5.67. The van der Waals surface area contributed by atoms with Crippen molar-refractivity contribution in [1.82, 2.24) is 0 Å². The Hall–Kier alpha value is -2.26. The van der Waals surface area contributed by atoms with E-state index in [9.17, 15) is 4.79 Å². The predicted octanol–water partition coefficient (Wildman–Crippen LogP) is 1.18. The molecular weight excluding hydrogens is 248 g/mol. The van der Waals surface area contributed by atoms with Crippen LogP contribution in [0, 0.1) is 16.7 Å². The molecule has 1 heterocycles. The zero-order chi connectivity index (χ0) is 13.9. The van der Waals surface area contributed by atoms with E-state index in [2.05, 4.69) is 5.32 Å². The van der Waals surface area contributed by atoms with Crippen LogP contribution in [0.2, 0.25) is 0 Å². The number of rotatable bonds is 4. The third-order valence-corrected chi connectivity index (χ3v) is 2.99. The molecule has 1 fully saturated rings. The van der Waals surface area contributed by atoms with E-state index in [1.54, 1.807) is 18.2 Å². The Morgan fingerprint density at radius 3 is 2.53 bits per heavy atom. The highest BCUT2D eigenvalue weighted by Gasteiger charge is 2.46. The molecule has 0 radical (unpaired) electrons. The molecule has 100 valence electrons. The van der Waals surface area contributed by atoms with E-state index in [1.165, 1.54) is 14.2 Å². The number of carbonyl (C=O) groups is 1. The van der Waals surface area contributed by atoms with Crippen LogP contribution < -0.4 is 14.8 Å². The zero-order valence-electron chi connectivity index (χ0n) is 10.7. The summed E-state index contributed by atoms with van der Waals surface area (Å²) in [5.41, 5.74) is -0.531. The van der Waals surface area contributed by atoms with E-state index in [1.807, 2.05) is 6.07 Å². The number of nitrogens with one attached hydrogen (secondary N) is 1. The van der Waals surface area contributed by atoms with Gasteiger partial charge in [-0.3, -0.25) is 4.79 Å². The molecular formula is C13H14N2O4. The fraction of sp³-hybridized carbons (Fsp3) is 0.385. The minimum atomic E-state index is -1.08. The Balaban J connectivity index is 2.16. The van der Waals surface area contributed by atoms with Gasteiger partial charge in [0.2, 0.25) is 5.91 Å². The van der Waals surface area contributed by atoms with Crippen LogP contribution in [0.25, 0.3) is 0 Å². The molecule has 1 N–H and O–H groups in total. The summed E-state index contributed by atoms with van der Waals surface area (Å²) in [6.45, 7) is 0.255.